The van der Waals surface area contributed by atoms with Gasteiger partial charge in [-0.1, -0.05) is 6.42 Å². The molecule has 17 heavy (non-hydrogen) atoms. The largest absolute Gasteiger partial charge is 0.314 e. The van der Waals surface area contributed by atoms with Gasteiger partial charge in [-0.2, -0.15) is 0 Å². The molecule has 0 amide bonds. The summed E-state index contributed by atoms with van der Waals surface area (Å²) in [6, 6.07) is 1.71. The van der Waals surface area contributed by atoms with Gasteiger partial charge in [0.15, 0.2) is 0 Å². The summed E-state index contributed by atoms with van der Waals surface area (Å²) in [4.78, 5) is 2.77. The highest BCUT2D eigenvalue weighted by atomic mass is 15.2. The number of nitrogens with one attached hydrogen (secondary N) is 1. The first-order valence-corrected chi connectivity index (χ1v) is 7.80. The Morgan fingerprint density at radius 1 is 1.12 bits per heavy atom. The lowest BCUT2D eigenvalue weighted by molar-refractivity contribution is 0.225. The topological polar surface area (TPSA) is 15.3 Å². The molecular weight excluding hydrogens is 208 g/mol. The van der Waals surface area contributed by atoms with E-state index < -0.39 is 0 Å². The van der Waals surface area contributed by atoms with E-state index in [4.69, 9.17) is 0 Å². The Labute approximate surface area is 106 Å². The molecule has 2 nitrogen and oxygen atoms in total. The summed E-state index contributed by atoms with van der Waals surface area (Å²) < 4.78 is 0. The normalized spacial score (nSPS) is 35.1. The van der Waals surface area contributed by atoms with Gasteiger partial charge in [0.05, 0.1) is 0 Å². The van der Waals surface area contributed by atoms with Gasteiger partial charge in [0.2, 0.25) is 0 Å². The lowest BCUT2D eigenvalue weighted by atomic mass is 10.0. The second-order valence-electron chi connectivity index (χ2n) is 6.62. The maximum Gasteiger partial charge on any atom is 0.00682 e. The predicted molar refractivity (Wildman–Crippen MR) is 72.1 cm³/mol. The minimum absolute atomic E-state index is 0.821. The van der Waals surface area contributed by atoms with Crippen LogP contribution in [0, 0.1) is 11.8 Å². The highest BCUT2D eigenvalue weighted by Gasteiger charge is 2.37. The second-order valence-corrected chi connectivity index (χ2v) is 6.62. The fourth-order valence-corrected chi connectivity index (χ4v) is 3.80. The molecule has 0 aromatic heterocycles. The van der Waals surface area contributed by atoms with Gasteiger partial charge in [-0.05, 0) is 63.8 Å². The van der Waals surface area contributed by atoms with E-state index in [9.17, 15) is 0 Å². The maximum atomic E-state index is 3.62. The van der Waals surface area contributed by atoms with Crippen molar-refractivity contribution >= 4 is 0 Å². The fraction of sp³-hybridized carbons (Fsp3) is 1.00. The quantitative estimate of drug-likeness (QED) is 0.713. The second kappa shape index (κ2) is 5.27. The number of rotatable bonds is 6. The van der Waals surface area contributed by atoms with Crippen molar-refractivity contribution in [2.75, 3.05) is 19.6 Å². The van der Waals surface area contributed by atoms with Crippen molar-refractivity contribution in [3.05, 3.63) is 0 Å². The molecule has 3 rings (SSSR count). The van der Waals surface area contributed by atoms with Crippen LogP contribution in [0.5, 0.6) is 0 Å². The van der Waals surface area contributed by atoms with Crippen LogP contribution in [-0.2, 0) is 0 Å². The van der Waals surface area contributed by atoms with Crippen molar-refractivity contribution in [3.8, 4) is 0 Å². The minimum atomic E-state index is 0.821. The number of hydrogen-bond donors (Lipinski definition) is 1. The van der Waals surface area contributed by atoms with E-state index in [0.29, 0.717) is 0 Å². The number of likely N-dealkylation sites (tertiary alicyclic amines) is 1. The van der Waals surface area contributed by atoms with Crippen molar-refractivity contribution in [1.29, 1.82) is 0 Å². The minimum Gasteiger partial charge on any atom is -0.314 e. The SMILES string of the molecule is CC(CCCNC1CC1)N1CC2CCCC2C1. The Kier molecular flexibility index (Phi) is 3.72. The van der Waals surface area contributed by atoms with E-state index in [1.54, 1.807) is 0 Å². The van der Waals surface area contributed by atoms with Crippen LogP contribution in [0.15, 0.2) is 0 Å². The van der Waals surface area contributed by atoms with E-state index in [1.165, 1.54) is 64.6 Å². The Morgan fingerprint density at radius 3 is 2.47 bits per heavy atom. The molecule has 3 aliphatic rings. The lowest BCUT2D eigenvalue weighted by Crippen LogP contribution is -2.32. The van der Waals surface area contributed by atoms with Crippen LogP contribution in [0.3, 0.4) is 0 Å². The van der Waals surface area contributed by atoms with Crippen molar-refractivity contribution in [3.63, 3.8) is 0 Å². The molecule has 3 unspecified atom stereocenters. The van der Waals surface area contributed by atoms with Crippen molar-refractivity contribution < 1.29 is 0 Å². The van der Waals surface area contributed by atoms with Gasteiger partial charge in [0.25, 0.3) is 0 Å². The van der Waals surface area contributed by atoms with Crippen LogP contribution in [0.2, 0.25) is 0 Å². The van der Waals surface area contributed by atoms with Gasteiger partial charge in [-0.15, -0.1) is 0 Å². The summed E-state index contributed by atoms with van der Waals surface area (Å²) in [5.41, 5.74) is 0. The Morgan fingerprint density at radius 2 is 1.82 bits per heavy atom. The van der Waals surface area contributed by atoms with Crippen molar-refractivity contribution in [1.82, 2.24) is 10.2 Å². The molecule has 3 atom stereocenters. The van der Waals surface area contributed by atoms with Crippen molar-refractivity contribution in [2.24, 2.45) is 11.8 Å². The number of nitrogens with zero attached hydrogens (tertiary/aromatic N) is 1. The Bertz CT molecular complexity index is 237. The summed E-state index contributed by atoms with van der Waals surface area (Å²) in [6.45, 7) is 6.50. The zero-order valence-electron chi connectivity index (χ0n) is 11.3. The highest BCUT2D eigenvalue weighted by Crippen LogP contribution is 2.38. The molecule has 2 saturated carbocycles. The summed E-state index contributed by atoms with van der Waals surface area (Å²) in [5.74, 6) is 2.11. The molecule has 98 valence electrons. The highest BCUT2D eigenvalue weighted by molar-refractivity contribution is 4.90. The molecule has 1 saturated heterocycles. The first-order valence-electron chi connectivity index (χ1n) is 7.80. The average molecular weight is 236 g/mol. The molecule has 1 N–H and O–H groups in total. The Balaban J connectivity index is 1.33. The molecular formula is C15H28N2. The summed E-state index contributed by atoms with van der Waals surface area (Å²) in [6.07, 6.45) is 10.1. The van der Waals surface area contributed by atoms with E-state index in [2.05, 4.69) is 17.1 Å². The van der Waals surface area contributed by atoms with Gasteiger partial charge < -0.3 is 10.2 Å². The zero-order valence-corrected chi connectivity index (χ0v) is 11.3. The van der Waals surface area contributed by atoms with Crippen LogP contribution in [0.25, 0.3) is 0 Å². The molecule has 2 heteroatoms. The van der Waals surface area contributed by atoms with Crippen LogP contribution >= 0.6 is 0 Å². The van der Waals surface area contributed by atoms with Gasteiger partial charge in [-0.3, -0.25) is 0 Å². The van der Waals surface area contributed by atoms with Crippen LogP contribution in [0.4, 0.5) is 0 Å². The summed E-state index contributed by atoms with van der Waals surface area (Å²) in [7, 11) is 0. The maximum absolute atomic E-state index is 3.62. The molecule has 0 spiro atoms. The van der Waals surface area contributed by atoms with E-state index in [1.807, 2.05) is 0 Å². The van der Waals surface area contributed by atoms with Gasteiger partial charge in [0.1, 0.15) is 0 Å². The summed E-state index contributed by atoms with van der Waals surface area (Å²) >= 11 is 0. The number of hydrogen-bond acceptors (Lipinski definition) is 2. The Hall–Kier alpha value is -0.0800. The van der Waals surface area contributed by atoms with Crippen LogP contribution < -0.4 is 5.32 Å². The van der Waals surface area contributed by atoms with Crippen LogP contribution in [0.1, 0.15) is 51.9 Å². The summed E-state index contributed by atoms with van der Waals surface area (Å²) in [5, 5.41) is 3.62. The van der Waals surface area contributed by atoms with Gasteiger partial charge >= 0.3 is 0 Å². The smallest absolute Gasteiger partial charge is 0.00682 e. The average Bonchev–Trinajstić information content (AvgIpc) is 2.87. The predicted octanol–water partition coefficient (Wildman–Crippen LogP) is 2.64. The molecule has 1 aliphatic heterocycles. The monoisotopic (exact) mass is 236 g/mol. The van der Waals surface area contributed by atoms with E-state index >= 15 is 0 Å². The zero-order chi connectivity index (χ0) is 11.7. The fourth-order valence-electron chi connectivity index (χ4n) is 3.80. The third kappa shape index (κ3) is 3.03. The molecule has 2 aliphatic carbocycles. The molecule has 0 aromatic rings. The first-order chi connectivity index (χ1) is 8.33. The third-order valence-corrected chi connectivity index (χ3v) is 5.19. The van der Waals surface area contributed by atoms with Gasteiger partial charge in [-0.25, -0.2) is 0 Å². The molecule has 0 radical (unpaired) electrons. The lowest BCUT2D eigenvalue weighted by Gasteiger charge is -2.25. The standard InChI is InChI=1S/C15H28N2/c1-12(4-3-9-16-15-7-8-15)17-10-13-5-2-6-14(13)11-17/h12-16H,2-11H2,1H3. The number of fused-ring (bicyclic) bond motifs is 1. The van der Waals surface area contributed by atoms with E-state index in [-0.39, 0.29) is 0 Å². The van der Waals surface area contributed by atoms with E-state index in [0.717, 1.165) is 23.9 Å². The third-order valence-electron chi connectivity index (χ3n) is 5.19. The first kappa shape index (κ1) is 12.0. The molecule has 0 bridgehead atoms. The van der Waals surface area contributed by atoms with Crippen molar-refractivity contribution in [2.45, 2.75) is 64.0 Å². The van der Waals surface area contributed by atoms with Crippen LogP contribution in [-0.4, -0.2) is 36.6 Å². The molecule has 3 fully saturated rings. The van der Waals surface area contributed by atoms with Gasteiger partial charge in [0, 0.05) is 25.2 Å². The molecule has 1 heterocycles. The molecule has 0 aromatic carbocycles.